The van der Waals surface area contributed by atoms with E-state index in [0.717, 1.165) is 4.90 Å². The van der Waals surface area contributed by atoms with E-state index in [9.17, 15) is 23.7 Å². The lowest BCUT2D eigenvalue weighted by molar-refractivity contribution is -0.384. The minimum absolute atomic E-state index is 0.0249. The number of likely N-dealkylation sites (tertiary alicyclic amines) is 1. The molecular formula is C17H22F2N2O4. The highest BCUT2D eigenvalue weighted by Crippen LogP contribution is 2.46. The zero-order chi connectivity index (χ0) is 19.0. The molecular weight excluding hydrogens is 334 g/mol. The number of nitrogens with zero attached hydrogens (tertiary/aromatic N) is 2. The first-order valence-corrected chi connectivity index (χ1v) is 7.96. The maximum Gasteiger partial charge on any atom is 0.410 e. The summed E-state index contributed by atoms with van der Waals surface area (Å²) in [5, 5.41) is 10.7. The monoisotopic (exact) mass is 356 g/mol. The molecule has 1 aliphatic rings. The van der Waals surface area contributed by atoms with E-state index < -0.39 is 34.5 Å². The molecule has 0 bridgehead atoms. The van der Waals surface area contributed by atoms with Crippen molar-refractivity contribution in [3.8, 4) is 0 Å². The van der Waals surface area contributed by atoms with Crippen molar-refractivity contribution >= 4 is 11.8 Å². The van der Waals surface area contributed by atoms with Gasteiger partial charge in [-0.2, -0.15) is 0 Å². The summed E-state index contributed by atoms with van der Waals surface area (Å²) in [6.07, 6.45) is -0.741. The Morgan fingerprint density at radius 3 is 2.28 bits per heavy atom. The number of non-ortho nitro benzene ring substituents is 1. The van der Waals surface area contributed by atoms with E-state index in [1.54, 1.807) is 20.8 Å². The molecule has 1 aliphatic heterocycles. The summed E-state index contributed by atoms with van der Waals surface area (Å²) in [4.78, 5) is 23.2. The van der Waals surface area contributed by atoms with Gasteiger partial charge in [0.2, 0.25) is 0 Å². The van der Waals surface area contributed by atoms with Crippen LogP contribution in [0.1, 0.15) is 39.7 Å². The fourth-order valence-electron chi connectivity index (χ4n) is 2.82. The third-order valence-electron chi connectivity index (χ3n) is 4.45. The van der Waals surface area contributed by atoms with Crippen LogP contribution >= 0.6 is 0 Å². The Balaban J connectivity index is 2.21. The van der Waals surface area contributed by atoms with E-state index in [1.165, 1.54) is 31.2 Å². The molecule has 1 aromatic rings. The van der Waals surface area contributed by atoms with Gasteiger partial charge in [-0.25, -0.2) is 13.6 Å². The molecule has 6 nitrogen and oxygen atoms in total. The predicted molar refractivity (Wildman–Crippen MR) is 87.8 cm³/mol. The maximum atomic E-state index is 14.9. The second-order valence-corrected chi connectivity index (χ2v) is 7.49. The van der Waals surface area contributed by atoms with Gasteiger partial charge in [0.05, 0.1) is 16.9 Å². The second-order valence-electron chi connectivity index (χ2n) is 7.49. The molecule has 8 heteroatoms. The molecule has 1 amide bonds. The van der Waals surface area contributed by atoms with E-state index in [1.807, 2.05) is 0 Å². The minimum Gasteiger partial charge on any atom is -0.444 e. The highest BCUT2D eigenvalue weighted by atomic mass is 19.3. The van der Waals surface area contributed by atoms with Gasteiger partial charge in [-0.05, 0) is 39.7 Å². The van der Waals surface area contributed by atoms with E-state index in [0.29, 0.717) is 5.56 Å². The lowest BCUT2D eigenvalue weighted by Gasteiger charge is -2.45. The van der Waals surface area contributed by atoms with Crippen LogP contribution in [0.25, 0.3) is 0 Å². The summed E-state index contributed by atoms with van der Waals surface area (Å²) >= 11 is 0. The average Bonchev–Trinajstić information content (AvgIpc) is 2.48. The highest BCUT2D eigenvalue weighted by molar-refractivity contribution is 5.68. The molecule has 1 unspecified atom stereocenters. The topological polar surface area (TPSA) is 72.7 Å². The molecule has 0 aromatic heterocycles. The molecule has 0 aliphatic carbocycles. The molecule has 0 saturated carbocycles. The van der Waals surface area contributed by atoms with Crippen molar-refractivity contribution in [2.75, 3.05) is 13.1 Å². The molecule has 25 heavy (non-hydrogen) atoms. The van der Waals surface area contributed by atoms with Crippen LogP contribution in [0.2, 0.25) is 0 Å². The molecule has 0 spiro atoms. The number of ether oxygens (including phenoxy) is 1. The number of carbonyl (C=O) groups excluding carboxylic acids is 1. The van der Waals surface area contributed by atoms with E-state index in [2.05, 4.69) is 0 Å². The molecule has 1 saturated heterocycles. The third-order valence-corrected chi connectivity index (χ3v) is 4.45. The van der Waals surface area contributed by atoms with Crippen LogP contribution in [0.4, 0.5) is 19.3 Å². The van der Waals surface area contributed by atoms with Gasteiger partial charge in [0, 0.05) is 18.7 Å². The molecule has 2 rings (SSSR count). The number of alkyl halides is 2. The van der Waals surface area contributed by atoms with Crippen molar-refractivity contribution in [2.45, 2.75) is 51.1 Å². The van der Waals surface area contributed by atoms with Crippen molar-refractivity contribution in [3.05, 3.63) is 39.9 Å². The number of rotatable bonds is 2. The van der Waals surface area contributed by atoms with Gasteiger partial charge in [0.1, 0.15) is 5.60 Å². The molecule has 0 N–H and O–H groups in total. The van der Waals surface area contributed by atoms with Gasteiger partial charge in [-0.15, -0.1) is 0 Å². The SMILES string of the molecule is CC(C)(C)OC(=O)N1CCC(C)(c2ccc([N+](=O)[O-])cc2)C(F)(F)C1. The Bertz CT molecular complexity index is 670. The van der Waals surface area contributed by atoms with Crippen LogP contribution in [0.5, 0.6) is 0 Å². The first kappa shape index (κ1) is 19.1. The molecule has 0 radical (unpaired) electrons. The smallest absolute Gasteiger partial charge is 0.410 e. The van der Waals surface area contributed by atoms with Crippen molar-refractivity contribution in [1.29, 1.82) is 0 Å². The molecule has 1 heterocycles. The van der Waals surface area contributed by atoms with Crippen molar-refractivity contribution < 1.29 is 23.2 Å². The Kier molecular flexibility index (Phi) is 4.76. The van der Waals surface area contributed by atoms with Gasteiger partial charge in [0.25, 0.3) is 11.6 Å². The summed E-state index contributed by atoms with van der Waals surface area (Å²) in [7, 11) is 0. The molecule has 1 aromatic carbocycles. The van der Waals surface area contributed by atoms with Crippen LogP contribution in [-0.4, -0.2) is 40.5 Å². The third kappa shape index (κ3) is 3.88. The van der Waals surface area contributed by atoms with Crippen LogP contribution < -0.4 is 0 Å². The van der Waals surface area contributed by atoms with Crippen LogP contribution in [-0.2, 0) is 10.2 Å². The summed E-state index contributed by atoms with van der Waals surface area (Å²) in [6.45, 7) is 5.81. The first-order valence-electron chi connectivity index (χ1n) is 7.96. The Labute approximate surface area is 144 Å². The summed E-state index contributed by atoms with van der Waals surface area (Å²) in [5.74, 6) is -3.20. The van der Waals surface area contributed by atoms with Crippen LogP contribution in [0.15, 0.2) is 24.3 Å². The number of nitro groups is 1. The first-order chi connectivity index (χ1) is 11.4. The molecule has 1 fully saturated rings. The zero-order valence-electron chi connectivity index (χ0n) is 14.7. The largest absolute Gasteiger partial charge is 0.444 e. The lowest BCUT2D eigenvalue weighted by atomic mass is 9.71. The number of benzene rings is 1. The highest BCUT2D eigenvalue weighted by Gasteiger charge is 2.55. The minimum atomic E-state index is -3.20. The van der Waals surface area contributed by atoms with Gasteiger partial charge in [-0.3, -0.25) is 10.1 Å². The maximum absolute atomic E-state index is 14.9. The second kappa shape index (κ2) is 6.24. The number of amides is 1. The summed E-state index contributed by atoms with van der Waals surface area (Å²) < 4.78 is 34.9. The van der Waals surface area contributed by atoms with E-state index >= 15 is 0 Å². The summed E-state index contributed by atoms with van der Waals surface area (Å²) in [6, 6.07) is 5.15. The standard InChI is InChI=1S/C17H22F2N2O4/c1-15(2,3)25-14(22)20-10-9-16(4,17(18,19)11-20)12-5-7-13(8-6-12)21(23)24/h5-8H,9-11H2,1-4H3. The van der Waals surface area contributed by atoms with Crippen molar-refractivity contribution in [2.24, 2.45) is 0 Å². The van der Waals surface area contributed by atoms with Crippen molar-refractivity contribution in [1.82, 2.24) is 4.90 Å². The number of halogens is 2. The normalized spacial score (nSPS) is 23.2. The van der Waals surface area contributed by atoms with Gasteiger partial charge in [0.15, 0.2) is 0 Å². The summed E-state index contributed by atoms with van der Waals surface area (Å²) in [5.41, 5.74) is -2.11. The van der Waals surface area contributed by atoms with E-state index in [4.69, 9.17) is 4.74 Å². The lowest BCUT2D eigenvalue weighted by Crippen LogP contribution is -2.58. The van der Waals surface area contributed by atoms with E-state index in [-0.39, 0.29) is 18.7 Å². The van der Waals surface area contributed by atoms with Crippen LogP contribution in [0, 0.1) is 10.1 Å². The van der Waals surface area contributed by atoms with Gasteiger partial charge in [-0.1, -0.05) is 12.1 Å². The van der Waals surface area contributed by atoms with Crippen molar-refractivity contribution in [3.63, 3.8) is 0 Å². The number of nitro benzene ring substituents is 1. The number of piperidine rings is 1. The average molecular weight is 356 g/mol. The van der Waals surface area contributed by atoms with Gasteiger partial charge < -0.3 is 9.64 Å². The van der Waals surface area contributed by atoms with Crippen LogP contribution in [0.3, 0.4) is 0 Å². The van der Waals surface area contributed by atoms with Gasteiger partial charge >= 0.3 is 6.09 Å². The Morgan fingerprint density at radius 2 is 1.84 bits per heavy atom. The fraction of sp³-hybridized carbons (Fsp3) is 0.588. The fourth-order valence-corrected chi connectivity index (χ4v) is 2.82. The predicted octanol–water partition coefficient (Wildman–Crippen LogP) is 4.13. The quantitative estimate of drug-likeness (QED) is 0.590. The molecule has 1 atom stereocenters. The number of carbonyl (C=O) groups is 1. The zero-order valence-corrected chi connectivity index (χ0v) is 14.7. The molecule has 138 valence electrons. The number of hydrogen-bond acceptors (Lipinski definition) is 4. The Hall–Kier alpha value is -2.25. The Morgan fingerprint density at radius 1 is 1.28 bits per heavy atom. The number of hydrogen-bond donors (Lipinski definition) is 0.